The normalized spacial score (nSPS) is 17.0. The lowest BCUT2D eigenvalue weighted by atomic mass is 10.0. The van der Waals surface area contributed by atoms with Crippen molar-refractivity contribution in [2.45, 2.75) is 19.9 Å². The number of rotatable bonds is 4. The van der Waals surface area contributed by atoms with E-state index in [9.17, 15) is 19.2 Å². The Kier molecular flexibility index (Phi) is 5.27. The average Bonchev–Trinajstić information content (AvgIpc) is 2.91. The second kappa shape index (κ2) is 7.48. The summed E-state index contributed by atoms with van der Waals surface area (Å²) in [5.41, 5.74) is 0.978. The topological polar surface area (TPSA) is 87.2 Å². The molecule has 0 aromatic heterocycles. The van der Waals surface area contributed by atoms with Gasteiger partial charge in [-0.2, -0.15) is 0 Å². The molecule has 2 heterocycles. The van der Waals surface area contributed by atoms with Crippen LogP contribution in [0, 0.1) is 0 Å². The van der Waals surface area contributed by atoms with Gasteiger partial charge in [0.1, 0.15) is 6.61 Å². The van der Waals surface area contributed by atoms with Crippen molar-refractivity contribution in [1.29, 1.82) is 0 Å². The molecule has 0 aliphatic carbocycles. The number of hydrogen-bond donors (Lipinski definition) is 0. The lowest BCUT2D eigenvalue weighted by Gasteiger charge is -2.34. The predicted molar refractivity (Wildman–Crippen MR) is 96.4 cm³/mol. The van der Waals surface area contributed by atoms with Gasteiger partial charge < -0.3 is 14.5 Å². The summed E-state index contributed by atoms with van der Waals surface area (Å²) in [5.74, 6) is -0.996. The minimum Gasteiger partial charge on any atom is -0.375 e. The molecule has 1 aromatic rings. The lowest BCUT2D eigenvalue weighted by Crippen LogP contribution is -2.51. The van der Waals surface area contributed by atoms with Crippen molar-refractivity contribution in [2.75, 3.05) is 39.9 Å². The molecule has 0 spiro atoms. The zero-order valence-electron chi connectivity index (χ0n) is 15.7. The number of fused-ring (bicyclic) bond motifs is 1. The number of hydrogen-bond acceptors (Lipinski definition) is 5. The Morgan fingerprint density at radius 1 is 1.00 bits per heavy atom. The summed E-state index contributed by atoms with van der Waals surface area (Å²) in [6.45, 7) is 5.29. The van der Waals surface area contributed by atoms with E-state index < -0.39 is 0 Å². The molecule has 0 unspecified atom stereocenters. The highest BCUT2D eigenvalue weighted by Gasteiger charge is 2.37. The largest absolute Gasteiger partial charge is 0.375 e. The van der Waals surface area contributed by atoms with Crippen LogP contribution >= 0.6 is 0 Å². The van der Waals surface area contributed by atoms with Crippen LogP contribution in [-0.4, -0.2) is 84.3 Å². The summed E-state index contributed by atoms with van der Waals surface area (Å²) in [6, 6.07) is 4.39. The molecular weight excluding hydrogens is 350 g/mol. The van der Waals surface area contributed by atoms with E-state index in [1.165, 1.54) is 18.1 Å². The Balaban J connectivity index is 1.72. The molecule has 144 valence electrons. The first-order chi connectivity index (χ1) is 12.8. The van der Waals surface area contributed by atoms with Gasteiger partial charge in [-0.3, -0.25) is 24.1 Å². The SMILES string of the molecule is COCC(=O)N1CCN(C(=O)c2ccc3c(c2)C(=O)N(C(C)C)C3=O)CC1. The number of benzene rings is 1. The summed E-state index contributed by atoms with van der Waals surface area (Å²) in [5, 5.41) is 0. The fraction of sp³-hybridized carbons (Fsp3) is 0.474. The summed E-state index contributed by atoms with van der Waals surface area (Å²) in [4.78, 5) is 54.0. The van der Waals surface area contributed by atoms with E-state index in [-0.39, 0.29) is 41.8 Å². The van der Waals surface area contributed by atoms with Crippen molar-refractivity contribution >= 4 is 23.6 Å². The third kappa shape index (κ3) is 3.44. The molecule has 1 aromatic carbocycles. The molecular formula is C19H23N3O5. The quantitative estimate of drug-likeness (QED) is 0.722. The van der Waals surface area contributed by atoms with E-state index in [2.05, 4.69) is 0 Å². The first-order valence-electron chi connectivity index (χ1n) is 8.93. The van der Waals surface area contributed by atoms with Gasteiger partial charge in [0.15, 0.2) is 0 Å². The third-order valence-electron chi connectivity index (χ3n) is 4.87. The molecule has 2 aliphatic heterocycles. The Morgan fingerprint density at radius 3 is 2.19 bits per heavy atom. The number of ether oxygens (including phenoxy) is 1. The Labute approximate surface area is 157 Å². The smallest absolute Gasteiger partial charge is 0.261 e. The molecule has 8 nitrogen and oxygen atoms in total. The fourth-order valence-electron chi connectivity index (χ4n) is 3.42. The van der Waals surface area contributed by atoms with Crippen molar-refractivity contribution < 1.29 is 23.9 Å². The van der Waals surface area contributed by atoms with Gasteiger partial charge in [0, 0.05) is 44.9 Å². The van der Waals surface area contributed by atoms with Crippen LogP contribution in [-0.2, 0) is 9.53 Å². The minimum absolute atomic E-state index is 0.0290. The fourth-order valence-corrected chi connectivity index (χ4v) is 3.42. The number of imide groups is 1. The Morgan fingerprint density at radius 2 is 1.59 bits per heavy atom. The van der Waals surface area contributed by atoms with Gasteiger partial charge in [-0.1, -0.05) is 0 Å². The Hall–Kier alpha value is -2.74. The molecule has 0 radical (unpaired) electrons. The number of amides is 4. The second-order valence-electron chi connectivity index (χ2n) is 6.94. The van der Waals surface area contributed by atoms with Crippen molar-refractivity contribution in [3.8, 4) is 0 Å². The molecule has 8 heteroatoms. The van der Waals surface area contributed by atoms with Crippen molar-refractivity contribution in [3.05, 3.63) is 34.9 Å². The van der Waals surface area contributed by atoms with Gasteiger partial charge >= 0.3 is 0 Å². The van der Waals surface area contributed by atoms with E-state index in [1.807, 2.05) is 0 Å². The first-order valence-corrected chi connectivity index (χ1v) is 8.93. The highest BCUT2D eigenvalue weighted by atomic mass is 16.5. The molecule has 0 N–H and O–H groups in total. The highest BCUT2D eigenvalue weighted by molar-refractivity contribution is 6.22. The number of piperazine rings is 1. The standard InChI is InChI=1S/C19H23N3O5/c1-12(2)22-18(25)14-5-4-13(10-15(14)19(22)26)17(24)21-8-6-20(7-9-21)16(23)11-27-3/h4-5,10,12H,6-9,11H2,1-3H3. The average molecular weight is 373 g/mol. The zero-order chi connectivity index (χ0) is 19.7. The van der Waals surface area contributed by atoms with E-state index >= 15 is 0 Å². The summed E-state index contributed by atoms with van der Waals surface area (Å²) >= 11 is 0. The van der Waals surface area contributed by atoms with Crippen LogP contribution in [0.15, 0.2) is 18.2 Å². The van der Waals surface area contributed by atoms with Crippen molar-refractivity contribution in [3.63, 3.8) is 0 Å². The molecule has 0 atom stereocenters. The van der Waals surface area contributed by atoms with Crippen LogP contribution in [0.2, 0.25) is 0 Å². The molecule has 2 aliphatic rings. The number of nitrogens with zero attached hydrogens (tertiary/aromatic N) is 3. The van der Waals surface area contributed by atoms with Crippen LogP contribution in [0.1, 0.15) is 44.9 Å². The Bertz CT molecular complexity index is 797. The van der Waals surface area contributed by atoms with Crippen LogP contribution in [0.5, 0.6) is 0 Å². The van der Waals surface area contributed by atoms with Crippen LogP contribution in [0.4, 0.5) is 0 Å². The first kappa shape index (κ1) is 19.0. The van der Waals surface area contributed by atoms with Gasteiger partial charge in [0.05, 0.1) is 11.1 Å². The van der Waals surface area contributed by atoms with Crippen LogP contribution < -0.4 is 0 Å². The summed E-state index contributed by atoms with van der Waals surface area (Å²) in [6.07, 6.45) is 0. The maximum Gasteiger partial charge on any atom is 0.261 e. The van der Waals surface area contributed by atoms with Gasteiger partial charge in [-0.15, -0.1) is 0 Å². The van der Waals surface area contributed by atoms with E-state index in [0.29, 0.717) is 37.3 Å². The molecule has 1 saturated heterocycles. The van der Waals surface area contributed by atoms with Crippen LogP contribution in [0.3, 0.4) is 0 Å². The molecule has 0 saturated carbocycles. The number of methoxy groups -OCH3 is 1. The number of carbonyl (C=O) groups excluding carboxylic acids is 4. The molecule has 27 heavy (non-hydrogen) atoms. The van der Waals surface area contributed by atoms with Crippen LogP contribution in [0.25, 0.3) is 0 Å². The van der Waals surface area contributed by atoms with Crippen molar-refractivity contribution in [1.82, 2.24) is 14.7 Å². The van der Waals surface area contributed by atoms with Gasteiger partial charge in [-0.25, -0.2) is 0 Å². The summed E-state index contributed by atoms with van der Waals surface area (Å²) < 4.78 is 4.85. The summed E-state index contributed by atoms with van der Waals surface area (Å²) in [7, 11) is 1.47. The predicted octanol–water partition coefficient (Wildman–Crippen LogP) is 0.622. The maximum atomic E-state index is 12.8. The third-order valence-corrected chi connectivity index (χ3v) is 4.87. The lowest BCUT2D eigenvalue weighted by molar-refractivity contribution is -0.136. The van der Waals surface area contributed by atoms with Gasteiger partial charge in [-0.05, 0) is 32.0 Å². The molecule has 3 rings (SSSR count). The molecule has 4 amide bonds. The second-order valence-corrected chi connectivity index (χ2v) is 6.94. The minimum atomic E-state index is -0.366. The zero-order valence-corrected chi connectivity index (χ0v) is 15.7. The highest BCUT2D eigenvalue weighted by Crippen LogP contribution is 2.26. The van der Waals surface area contributed by atoms with Gasteiger partial charge in [0.25, 0.3) is 17.7 Å². The van der Waals surface area contributed by atoms with E-state index in [0.717, 1.165) is 0 Å². The van der Waals surface area contributed by atoms with E-state index in [1.54, 1.807) is 35.8 Å². The van der Waals surface area contributed by atoms with E-state index in [4.69, 9.17) is 4.74 Å². The molecule has 0 bridgehead atoms. The number of carbonyl (C=O) groups is 4. The van der Waals surface area contributed by atoms with Crippen molar-refractivity contribution in [2.24, 2.45) is 0 Å². The molecule has 1 fully saturated rings. The van der Waals surface area contributed by atoms with Gasteiger partial charge in [0.2, 0.25) is 5.91 Å². The monoisotopic (exact) mass is 373 g/mol. The maximum absolute atomic E-state index is 12.8.